The Hall–Kier alpha value is -2.05. The highest BCUT2D eigenvalue weighted by Crippen LogP contribution is 2.45. The van der Waals surface area contributed by atoms with Crippen LogP contribution in [0.25, 0.3) is 16.9 Å². The van der Waals surface area contributed by atoms with Crippen molar-refractivity contribution in [3.63, 3.8) is 0 Å². The van der Waals surface area contributed by atoms with Gasteiger partial charge in [0.25, 0.3) is 0 Å². The normalized spacial score (nSPS) is 13.7. The van der Waals surface area contributed by atoms with Gasteiger partial charge in [0.2, 0.25) is 11.4 Å². The van der Waals surface area contributed by atoms with E-state index < -0.39 is 16.1 Å². The van der Waals surface area contributed by atoms with Gasteiger partial charge in [-0.3, -0.25) is 0 Å². The maximum Gasteiger partial charge on any atom is 0.211 e. The van der Waals surface area contributed by atoms with Gasteiger partial charge in [-0.1, -0.05) is 220 Å². The van der Waals surface area contributed by atoms with Crippen LogP contribution in [-0.2, 0) is 24.9 Å². The molecule has 1 aliphatic heterocycles. The molecular formula is C58H100N2Si2. The van der Waals surface area contributed by atoms with Crippen LogP contribution >= 0.6 is 0 Å². The lowest BCUT2D eigenvalue weighted by atomic mass is 9.90. The molecule has 4 heteroatoms. The van der Waals surface area contributed by atoms with Crippen LogP contribution in [-0.4, -0.2) is 20.8 Å². The molecule has 350 valence electrons. The minimum atomic E-state index is -1.37. The summed E-state index contributed by atoms with van der Waals surface area (Å²) in [6.07, 6.45) is 39.2. The molecule has 1 heterocycles. The molecule has 0 saturated carbocycles. The smallest absolute Gasteiger partial charge is 0.211 e. The molecule has 2 aromatic carbocycles. The largest absolute Gasteiger partial charge is 0.493 e. The lowest BCUT2D eigenvalue weighted by Gasteiger charge is -2.21. The SMILES string of the molecule is CCCCCCCCCCCCCCCCCCC1=C(c2cc(C[Si](C)(C)C)cc(C[Si](C)(C)C)c2)[N+](=[N-])C(c2cc(CCCC)cc(CCCC)c2)=C1CCCCCCCC. The van der Waals surface area contributed by atoms with Gasteiger partial charge in [0.05, 0.1) is 0 Å². The molecule has 0 radical (unpaired) electrons. The van der Waals surface area contributed by atoms with Crippen molar-refractivity contribution in [3.05, 3.63) is 86.5 Å². The Morgan fingerprint density at radius 2 is 0.613 bits per heavy atom. The lowest BCUT2D eigenvalue weighted by Crippen LogP contribution is -2.26. The van der Waals surface area contributed by atoms with Crippen LogP contribution in [0.3, 0.4) is 0 Å². The Balaban J connectivity index is 1.96. The van der Waals surface area contributed by atoms with E-state index in [-0.39, 0.29) is 0 Å². The van der Waals surface area contributed by atoms with Gasteiger partial charge in [0.15, 0.2) is 0 Å². The fourth-order valence-corrected chi connectivity index (χ4v) is 12.9. The number of rotatable bonds is 36. The molecule has 62 heavy (non-hydrogen) atoms. The monoisotopic (exact) mass is 881 g/mol. The van der Waals surface area contributed by atoms with Crippen molar-refractivity contribution in [2.45, 2.75) is 272 Å². The number of unbranched alkanes of at least 4 members (excludes halogenated alkanes) is 22. The molecule has 0 spiro atoms. The summed E-state index contributed by atoms with van der Waals surface area (Å²) in [6.45, 7) is 24.3. The molecule has 0 unspecified atom stereocenters. The predicted octanol–water partition coefficient (Wildman–Crippen LogP) is 19.8. The zero-order chi connectivity index (χ0) is 45.2. The minimum absolute atomic E-state index is 1.05. The van der Waals surface area contributed by atoms with Crippen molar-refractivity contribution in [2.75, 3.05) is 0 Å². The van der Waals surface area contributed by atoms with Crippen LogP contribution < -0.4 is 0 Å². The van der Waals surface area contributed by atoms with Crippen LogP contribution in [0.1, 0.15) is 241 Å². The second-order valence-electron chi connectivity index (χ2n) is 22.3. The first-order valence-corrected chi connectivity index (χ1v) is 34.4. The van der Waals surface area contributed by atoms with E-state index in [1.54, 1.807) is 4.70 Å². The molecule has 0 bridgehead atoms. The predicted molar refractivity (Wildman–Crippen MR) is 284 cm³/mol. The van der Waals surface area contributed by atoms with Crippen molar-refractivity contribution in [1.29, 1.82) is 0 Å². The third kappa shape index (κ3) is 21.3. The van der Waals surface area contributed by atoms with Crippen LogP contribution in [0.2, 0.25) is 39.3 Å². The molecule has 0 fully saturated rings. The lowest BCUT2D eigenvalue weighted by molar-refractivity contribution is -0.345. The zero-order valence-corrected chi connectivity index (χ0v) is 45.0. The Morgan fingerprint density at radius 3 is 0.919 bits per heavy atom. The third-order valence-corrected chi connectivity index (χ3v) is 16.1. The van der Waals surface area contributed by atoms with Crippen molar-refractivity contribution in [2.24, 2.45) is 0 Å². The van der Waals surface area contributed by atoms with E-state index in [2.05, 4.69) is 103 Å². The fourth-order valence-electron chi connectivity index (χ4n) is 9.99. The van der Waals surface area contributed by atoms with E-state index in [0.717, 1.165) is 37.1 Å². The van der Waals surface area contributed by atoms with Crippen molar-refractivity contribution in [1.82, 2.24) is 0 Å². The topological polar surface area (TPSA) is 25.3 Å². The summed E-state index contributed by atoms with van der Waals surface area (Å²) in [6, 6.07) is 17.3. The number of nitrogens with zero attached hydrogens (tertiary/aromatic N) is 2. The van der Waals surface area contributed by atoms with E-state index in [0.29, 0.717) is 0 Å². The van der Waals surface area contributed by atoms with E-state index in [9.17, 15) is 5.53 Å². The maximum atomic E-state index is 12.9. The number of hydrogen-bond acceptors (Lipinski definition) is 0. The number of aryl methyl sites for hydroxylation is 2. The summed E-state index contributed by atoms with van der Waals surface area (Å²) in [5, 5.41) is 0. The van der Waals surface area contributed by atoms with Crippen LogP contribution in [0, 0.1) is 0 Å². The quantitative estimate of drug-likeness (QED) is 0.0370. The van der Waals surface area contributed by atoms with Crippen molar-refractivity contribution < 1.29 is 4.70 Å². The van der Waals surface area contributed by atoms with Gasteiger partial charge in [0, 0.05) is 38.4 Å². The third-order valence-electron chi connectivity index (χ3n) is 13.2. The van der Waals surface area contributed by atoms with Crippen LogP contribution in [0.5, 0.6) is 0 Å². The van der Waals surface area contributed by atoms with Crippen molar-refractivity contribution >= 4 is 27.5 Å². The van der Waals surface area contributed by atoms with Gasteiger partial charge in [-0.2, -0.15) is 0 Å². The van der Waals surface area contributed by atoms with E-state index in [4.69, 9.17) is 0 Å². The van der Waals surface area contributed by atoms with Gasteiger partial charge in [-0.25, -0.2) is 4.70 Å². The minimum Gasteiger partial charge on any atom is -0.493 e. The summed E-state index contributed by atoms with van der Waals surface area (Å²) in [7, 11) is -2.74. The van der Waals surface area contributed by atoms with Gasteiger partial charge in [-0.15, -0.1) is 0 Å². The van der Waals surface area contributed by atoms with Crippen LogP contribution in [0.15, 0.2) is 47.5 Å². The van der Waals surface area contributed by atoms with Gasteiger partial charge >= 0.3 is 0 Å². The van der Waals surface area contributed by atoms with Crippen LogP contribution in [0.4, 0.5) is 0 Å². The molecule has 0 saturated heterocycles. The summed E-state index contributed by atoms with van der Waals surface area (Å²) in [5.74, 6) is 0. The summed E-state index contributed by atoms with van der Waals surface area (Å²) in [4.78, 5) is 0. The van der Waals surface area contributed by atoms with Gasteiger partial charge < -0.3 is 5.53 Å². The molecule has 0 aliphatic carbocycles. The highest BCUT2D eigenvalue weighted by Gasteiger charge is 2.36. The standard InChI is InChI=1S/C58H100N2Si2/c1-11-15-19-21-23-24-25-26-27-28-29-30-31-32-34-36-40-56-55(39-35-33-22-20-16-12-2)57(53-43-49(37-17-13-3)41-50(44-53)38-18-14-4)60(59)58(56)54-45-51(47-61(5,6)7)42-52(46-54)48-62(8,9)10/h41-46H,11-40,47-48H2,1-10H3. The second kappa shape index (κ2) is 30.2. The second-order valence-corrected chi connectivity index (χ2v) is 33.2. The molecule has 0 amide bonds. The first kappa shape index (κ1) is 54.3. The Kier molecular flexibility index (Phi) is 26.5. The number of hydrogen-bond donors (Lipinski definition) is 0. The molecular weight excluding hydrogens is 781 g/mol. The Morgan fingerprint density at radius 1 is 0.339 bits per heavy atom. The summed E-state index contributed by atoms with van der Waals surface area (Å²) < 4.78 is 1.72. The van der Waals surface area contributed by atoms with Gasteiger partial charge in [-0.05, 0) is 110 Å². The average Bonchev–Trinajstić information content (AvgIpc) is 3.48. The first-order valence-electron chi connectivity index (χ1n) is 27.0. The molecule has 0 atom stereocenters. The maximum absolute atomic E-state index is 12.9. The fraction of sp³-hybridized carbons (Fsp3) is 0.724. The molecule has 1 aliphatic rings. The van der Waals surface area contributed by atoms with E-state index >= 15 is 0 Å². The van der Waals surface area contributed by atoms with E-state index in [1.165, 1.54) is 224 Å². The average molecular weight is 882 g/mol. The Labute approximate surface area is 388 Å². The number of benzene rings is 2. The molecule has 3 rings (SSSR count). The Bertz CT molecular complexity index is 1570. The molecule has 2 aromatic rings. The number of allylic oxidation sites excluding steroid dienone is 2. The van der Waals surface area contributed by atoms with Crippen molar-refractivity contribution in [3.8, 4) is 0 Å². The summed E-state index contributed by atoms with van der Waals surface area (Å²) >= 11 is 0. The molecule has 0 aromatic heterocycles. The highest BCUT2D eigenvalue weighted by molar-refractivity contribution is 6.76. The first-order chi connectivity index (χ1) is 29.8. The highest BCUT2D eigenvalue weighted by atomic mass is 28.3. The zero-order valence-electron chi connectivity index (χ0n) is 43.0. The molecule has 2 nitrogen and oxygen atoms in total. The molecule has 0 N–H and O–H groups in total. The van der Waals surface area contributed by atoms with Gasteiger partial charge in [0.1, 0.15) is 0 Å². The van der Waals surface area contributed by atoms with E-state index in [1.807, 2.05) is 0 Å². The summed E-state index contributed by atoms with van der Waals surface area (Å²) in [5.41, 5.74) is 26.3.